The largest absolute Gasteiger partial charge is 0.488 e. The van der Waals surface area contributed by atoms with Gasteiger partial charge in [0.2, 0.25) is 10.0 Å². The highest BCUT2D eigenvalue weighted by molar-refractivity contribution is 7.89. The van der Waals surface area contributed by atoms with Gasteiger partial charge in [-0.05, 0) is 24.3 Å². The molecule has 0 aromatic heterocycles. The van der Waals surface area contributed by atoms with Crippen molar-refractivity contribution in [3.63, 3.8) is 0 Å². The van der Waals surface area contributed by atoms with Crippen LogP contribution in [0.5, 0.6) is 5.75 Å². The maximum atomic E-state index is 13.8. The minimum absolute atomic E-state index is 0.219. The van der Waals surface area contributed by atoms with Crippen molar-refractivity contribution >= 4 is 10.0 Å². The van der Waals surface area contributed by atoms with E-state index in [1.807, 2.05) is 30.3 Å². The molecule has 140 valence electrons. The Morgan fingerprint density at radius 3 is 2.19 bits per heavy atom. The van der Waals surface area contributed by atoms with E-state index in [0.29, 0.717) is 19.7 Å². The number of para-hydroxylation sites is 1. The fourth-order valence-electron chi connectivity index (χ4n) is 2.98. The number of halogens is 2. The van der Waals surface area contributed by atoms with Gasteiger partial charge in [-0.2, -0.15) is 4.31 Å². The SMILES string of the molecule is O=S(=O)(c1c(F)cccc1F)N1CC[NH+](CCOc2ccccc2)CC1. The lowest BCUT2D eigenvalue weighted by molar-refractivity contribution is -0.903. The van der Waals surface area contributed by atoms with E-state index in [2.05, 4.69) is 0 Å². The molecule has 2 aromatic carbocycles. The molecule has 0 bridgehead atoms. The molecule has 1 saturated heterocycles. The Hall–Kier alpha value is -2.03. The molecular weight excluding hydrogens is 362 g/mol. The zero-order chi connectivity index (χ0) is 18.6. The van der Waals surface area contributed by atoms with Crippen LogP contribution in [0.4, 0.5) is 8.78 Å². The Kier molecular flexibility index (Phi) is 5.85. The molecule has 2 aromatic rings. The van der Waals surface area contributed by atoms with Gasteiger partial charge in [0.1, 0.15) is 30.5 Å². The number of piperazine rings is 1. The molecule has 1 aliphatic heterocycles. The number of hydrogen-bond acceptors (Lipinski definition) is 3. The molecule has 1 N–H and O–H groups in total. The molecule has 1 aliphatic rings. The van der Waals surface area contributed by atoms with Crippen molar-refractivity contribution in [1.29, 1.82) is 0 Å². The first-order valence-electron chi connectivity index (χ1n) is 8.44. The van der Waals surface area contributed by atoms with Crippen LogP contribution in [0.2, 0.25) is 0 Å². The summed E-state index contributed by atoms with van der Waals surface area (Å²) in [5, 5.41) is 0. The standard InChI is InChI=1S/C18H20F2N2O3S/c19-16-7-4-8-17(20)18(16)26(23,24)22-11-9-21(10-12-22)13-14-25-15-5-2-1-3-6-15/h1-8H,9-14H2/p+1. The topological polar surface area (TPSA) is 51.0 Å². The van der Waals surface area contributed by atoms with Gasteiger partial charge >= 0.3 is 0 Å². The van der Waals surface area contributed by atoms with Crippen LogP contribution in [0.25, 0.3) is 0 Å². The molecule has 0 spiro atoms. The number of ether oxygens (including phenoxy) is 1. The van der Waals surface area contributed by atoms with E-state index in [9.17, 15) is 17.2 Å². The third kappa shape index (κ3) is 4.20. The van der Waals surface area contributed by atoms with Gasteiger partial charge < -0.3 is 9.64 Å². The summed E-state index contributed by atoms with van der Waals surface area (Å²) >= 11 is 0. The number of nitrogens with zero attached hydrogens (tertiary/aromatic N) is 1. The molecule has 0 radical (unpaired) electrons. The number of sulfonamides is 1. The van der Waals surface area contributed by atoms with E-state index in [1.54, 1.807) is 0 Å². The Labute approximate surface area is 151 Å². The van der Waals surface area contributed by atoms with E-state index in [0.717, 1.165) is 34.8 Å². The normalized spacial score (nSPS) is 16.5. The van der Waals surface area contributed by atoms with Crippen LogP contribution in [-0.2, 0) is 10.0 Å². The van der Waals surface area contributed by atoms with Gasteiger partial charge in [0.25, 0.3) is 0 Å². The fourth-order valence-corrected chi connectivity index (χ4v) is 4.53. The van der Waals surface area contributed by atoms with Crippen molar-refractivity contribution in [3.05, 3.63) is 60.2 Å². The molecule has 1 heterocycles. The van der Waals surface area contributed by atoms with Crippen molar-refractivity contribution in [1.82, 2.24) is 4.31 Å². The van der Waals surface area contributed by atoms with Gasteiger partial charge in [-0.3, -0.25) is 0 Å². The summed E-state index contributed by atoms with van der Waals surface area (Å²) in [6.45, 7) is 2.82. The van der Waals surface area contributed by atoms with E-state index in [-0.39, 0.29) is 13.1 Å². The second-order valence-electron chi connectivity index (χ2n) is 6.12. The Bertz CT molecular complexity index is 819. The predicted molar refractivity (Wildman–Crippen MR) is 92.6 cm³/mol. The Morgan fingerprint density at radius 2 is 1.58 bits per heavy atom. The van der Waals surface area contributed by atoms with Gasteiger partial charge in [-0.1, -0.05) is 24.3 Å². The van der Waals surface area contributed by atoms with Crippen LogP contribution in [0.3, 0.4) is 0 Å². The van der Waals surface area contributed by atoms with E-state index in [4.69, 9.17) is 4.74 Å². The van der Waals surface area contributed by atoms with Crippen LogP contribution < -0.4 is 9.64 Å². The van der Waals surface area contributed by atoms with Crippen LogP contribution in [0, 0.1) is 11.6 Å². The Morgan fingerprint density at radius 1 is 0.962 bits per heavy atom. The number of rotatable bonds is 6. The second kappa shape index (κ2) is 8.11. The average molecular weight is 383 g/mol. The highest BCUT2D eigenvalue weighted by Crippen LogP contribution is 2.22. The lowest BCUT2D eigenvalue weighted by atomic mass is 10.3. The zero-order valence-corrected chi connectivity index (χ0v) is 15.0. The minimum Gasteiger partial charge on any atom is -0.488 e. The van der Waals surface area contributed by atoms with Crippen molar-refractivity contribution in [2.24, 2.45) is 0 Å². The van der Waals surface area contributed by atoms with Gasteiger partial charge in [0.15, 0.2) is 4.90 Å². The third-order valence-electron chi connectivity index (χ3n) is 4.41. The maximum Gasteiger partial charge on any atom is 0.249 e. The minimum atomic E-state index is -4.17. The molecule has 0 saturated carbocycles. The second-order valence-corrected chi connectivity index (χ2v) is 7.99. The van der Waals surface area contributed by atoms with Gasteiger partial charge in [0.05, 0.1) is 26.2 Å². The molecule has 26 heavy (non-hydrogen) atoms. The summed E-state index contributed by atoms with van der Waals surface area (Å²) in [4.78, 5) is 0.331. The smallest absolute Gasteiger partial charge is 0.249 e. The first-order chi connectivity index (χ1) is 12.5. The molecule has 8 heteroatoms. The highest BCUT2D eigenvalue weighted by atomic mass is 32.2. The molecule has 0 atom stereocenters. The van der Waals surface area contributed by atoms with Gasteiger partial charge in [0, 0.05) is 0 Å². The number of benzene rings is 2. The van der Waals surface area contributed by atoms with Crippen LogP contribution in [0.1, 0.15) is 0 Å². The van der Waals surface area contributed by atoms with E-state index >= 15 is 0 Å². The molecule has 3 rings (SSSR count). The summed E-state index contributed by atoms with van der Waals surface area (Å²) < 4.78 is 59.6. The summed E-state index contributed by atoms with van der Waals surface area (Å²) in [6.07, 6.45) is 0. The molecule has 0 amide bonds. The van der Waals surface area contributed by atoms with Crippen LogP contribution in [-0.4, -0.2) is 52.1 Å². The number of nitrogens with one attached hydrogen (secondary N) is 1. The first-order valence-corrected chi connectivity index (χ1v) is 9.88. The summed E-state index contributed by atoms with van der Waals surface area (Å²) in [7, 11) is -4.17. The zero-order valence-electron chi connectivity index (χ0n) is 14.2. The maximum absolute atomic E-state index is 13.8. The van der Waals surface area contributed by atoms with Crippen molar-refractivity contribution < 1.29 is 26.8 Å². The first kappa shape index (κ1) is 18.8. The van der Waals surface area contributed by atoms with Crippen LogP contribution >= 0.6 is 0 Å². The van der Waals surface area contributed by atoms with Crippen LogP contribution in [0.15, 0.2) is 53.4 Å². The van der Waals surface area contributed by atoms with Crippen molar-refractivity contribution in [3.8, 4) is 5.75 Å². The lowest BCUT2D eigenvalue weighted by Gasteiger charge is -2.31. The molecule has 0 unspecified atom stereocenters. The average Bonchev–Trinajstić information content (AvgIpc) is 2.63. The Balaban J connectivity index is 1.55. The molecule has 1 fully saturated rings. The monoisotopic (exact) mass is 383 g/mol. The molecular formula is C18H21F2N2O3S+. The lowest BCUT2D eigenvalue weighted by Crippen LogP contribution is -3.15. The quantitative estimate of drug-likeness (QED) is 0.808. The van der Waals surface area contributed by atoms with Gasteiger partial charge in [-0.15, -0.1) is 0 Å². The van der Waals surface area contributed by atoms with E-state index < -0.39 is 26.6 Å². The summed E-state index contributed by atoms with van der Waals surface area (Å²) in [6, 6.07) is 12.5. The fraction of sp³-hybridized carbons (Fsp3) is 0.333. The number of hydrogen-bond donors (Lipinski definition) is 1. The van der Waals surface area contributed by atoms with Crippen molar-refractivity contribution in [2.75, 3.05) is 39.3 Å². The summed E-state index contributed by atoms with van der Waals surface area (Å²) in [5.74, 6) is -1.32. The van der Waals surface area contributed by atoms with Gasteiger partial charge in [-0.25, -0.2) is 17.2 Å². The third-order valence-corrected chi connectivity index (χ3v) is 6.36. The highest BCUT2D eigenvalue weighted by Gasteiger charge is 2.34. The molecule has 0 aliphatic carbocycles. The van der Waals surface area contributed by atoms with Crippen molar-refractivity contribution in [2.45, 2.75) is 4.90 Å². The number of quaternary nitrogens is 1. The summed E-state index contributed by atoms with van der Waals surface area (Å²) in [5.41, 5.74) is 0. The van der Waals surface area contributed by atoms with E-state index in [1.165, 1.54) is 4.90 Å². The predicted octanol–water partition coefficient (Wildman–Crippen LogP) is 0.933. The molecule has 5 nitrogen and oxygen atoms in total.